The van der Waals surface area contributed by atoms with Gasteiger partial charge in [-0.05, 0) is 55.2 Å². The number of carbonyl (C=O) groups excluding carboxylic acids is 1. The Morgan fingerprint density at radius 3 is 2.25 bits per heavy atom. The summed E-state index contributed by atoms with van der Waals surface area (Å²) >= 11 is 0. The number of primary amides is 1. The van der Waals surface area contributed by atoms with E-state index in [0.717, 1.165) is 28.0 Å². The lowest BCUT2D eigenvalue weighted by Crippen LogP contribution is -2.11. The fourth-order valence-electron chi connectivity index (χ4n) is 2.19. The Morgan fingerprint density at radius 1 is 1.05 bits per heavy atom. The zero-order valence-corrected chi connectivity index (χ0v) is 12.1. The van der Waals surface area contributed by atoms with E-state index in [4.69, 9.17) is 10.5 Å². The second kappa shape index (κ2) is 5.78. The van der Waals surface area contributed by atoms with Gasteiger partial charge >= 0.3 is 0 Å². The molecule has 0 unspecified atom stereocenters. The van der Waals surface area contributed by atoms with Crippen molar-refractivity contribution >= 4 is 5.91 Å². The average molecular weight is 269 g/mol. The van der Waals surface area contributed by atoms with Crippen molar-refractivity contribution in [3.63, 3.8) is 0 Å². The van der Waals surface area contributed by atoms with E-state index < -0.39 is 5.91 Å². The van der Waals surface area contributed by atoms with Crippen molar-refractivity contribution in [2.75, 3.05) is 0 Å². The number of aryl methyl sites for hydroxylation is 3. The van der Waals surface area contributed by atoms with Gasteiger partial charge in [-0.15, -0.1) is 0 Å². The molecule has 2 rings (SSSR count). The number of rotatable bonds is 4. The van der Waals surface area contributed by atoms with Gasteiger partial charge in [-0.25, -0.2) is 0 Å². The molecule has 3 nitrogen and oxygen atoms in total. The highest BCUT2D eigenvalue weighted by molar-refractivity contribution is 5.93. The average Bonchev–Trinajstić information content (AvgIpc) is 2.39. The van der Waals surface area contributed by atoms with Gasteiger partial charge in [0.05, 0.1) is 0 Å². The van der Waals surface area contributed by atoms with E-state index in [-0.39, 0.29) is 0 Å². The lowest BCUT2D eigenvalue weighted by molar-refractivity contribution is 0.1000. The fourth-order valence-corrected chi connectivity index (χ4v) is 2.19. The van der Waals surface area contributed by atoms with E-state index in [2.05, 4.69) is 0 Å². The maximum absolute atomic E-state index is 11.1. The third-order valence-corrected chi connectivity index (χ3v) is 3.41. The van der Waals surface area contributed by atoms with E-state index in [1.54, 1.807) is 12.1 Å². The van der Waals surface area contributed by atoms with Crippen LogP contribution in [-0.4, -0.2) is 5.91 Å². The molecule has 0 aliphatic carbocycles. The molecule has 0 aliphatic heterocycles. The van der Waals surface area contributed by atoms with Gasteiger partial charge in [0.25, 0.3) is 0 Å². The van der Waals surface area contributed by atoms with Crippen LogP contribution in [0.3, 0.4) is 0 Å². The summed E-state index contributed by atoms with van der Waals surface area (Å²) in [7, 11) is 0. The van der Waals surface area contributed by atoms with Gasteiger partial charge in [-0.2, -0.15) is 0 Å². The molecule has 2 N–H and O–H groups in total. The number of amides is 1. The molecule has 0 atom stereocenters. The van der Waals surface area contributed by atoms with Crippen molar-refractivity contribution < 1.29 is 9.53 Å². The Hall–Kier alpha value is -2.29. The summed E-state index contributed by atoms with van der Waals surface area (Å²) in [4.78, 5) is 11.1. The van der Waals surface area contributed by atoms with Crippen LogP contribution >= 0.6 is 0 Å². The first-order valence-electron chi connectivity index (χ1n) is 6.57. The second-order valence-electron chi connectivity index (χ2n) is 5.02. The van der Waals surface area contributed by atoms with Gasteiger partial charge in [0.15, 0.2) is 0 Å². The van der Waals surface area contributed by atoms with Gasteiger partial charge in [0.1, 0.15) is 12.4 Å². The molecule has 0 radical (unpaired) electrons. The van der Waals surface area contributed by atoms with Crippen molar-refractivity contribution in [3.8, 4) is 5.75 Å². The minimum Gasteiger partial charge on any atom is -0.488 e. The zero-order chi connectivity index (χ0) is 14.7. The van der Waals surface area contributed by atoms with Crippen LogP contribution < -0.4 is 10.5 Å². The molecule has 0 spiro atoms. The summed E-state index contributed by atoms with van der Waals surface area (Å²) in [5, 5.41) is 0. The van der Waals surface area contributed by atoms with E-state index in [9.17, 15) is 4.79 Å². The number of para-hydroxylation sites is 1. The number of carbonyl (C=O) groups is 1. The van der Waals surface area contributed by atoms with Gasteiger partial charge in [-0.1, -0.05) is 24.3 Å². The Bertz CT molecular complexity index is 627. The minimum absolute atomic E-state index is 0.407. The normalized spacial score (nSPS) is 10.3. The maximum Gasteiger partial charge on any atom is 0.248 e. The molecule has 0 saturated carbocycles. The largest absolute Gasteiger partial charge is 0.488 e. The molecule has 0 aromatic heterocycles. The molecular formula is C17H19NO2. The molecule has 104 valence electrons. The molecule has 20 heavy (non-hydrogen) atoms. The Labute approximate surface area is 119 Å². The molecule has 2 aromatic carbocycles. The highest BCUT2D eigenvalue weighted by atomic mass is 16.5. The molecule has 0 saturated heterocycles. The predicted molar refractivity (Wildman–Crippen MR) is 79.9 cm³/mol. The maximum atomic E-state index is 11.1. The standard InChI is InChI=1S/C17H19NO2/c1-11-5-4-6-12(2)16(11)20-10-15-8-7-14(17(18)19)9-13(15)3/h4-9H,10H2,1-3H3,(H2,18,19). The first-order valence-corrected chi connectivity index (χ1v) is 6.57. The summed E-state index contributed by atoms with van der Waals surface area (Å²) in [5.41, 5.74) is 10.1. The highest BCUT2D eigenvalue weighted by Gasteiger charge is 2.07. The second-order valence-corrected chi connectivity index (χ2v) is 5.02. The van der Waals surface area contributed by atoms with Crippen LogP contribution in [0.1, 0.15) is 32.6 Å². The van der Waals surface area contributed by atoms with Crippen LogP contribution in [0.15, 0.2) is 36.4 Å². The lowest BCUT2D eigenvalue weighted by Gasteiger charge is -2.13. The van der Waals surface area contributed by atoms with Crippen molar-refractivity contribution in [2.45, 2.75) is 27.4 Å². The first kappa shape index (κ1) is 14.1. The lowest BCUT2D eigenvalue weighted by atomic mass is 10.1. The highest BCUT2D eigenvalue weighted by Crippen LogP contribution is 2.24. The van der Waals surface area contributed by atoms with Gasteiger partial charge in [-0.3, -0.25) is 4.79 Å². The summed E-state index contributed by atoms with van der Waals surface area (Å²) in [6, 6.07) is 11.5. The third-order valence-electron chi connectivity index (χ3n) is 3.41. The molecule has 0 bridgehead atoms. The van der Waals surface area contributed by atoms with Gasteiger partial charge < -0.3 is 10.5 Å². The van der Waals surface area contributed by atoms with Gasteiger partial charge in [0, 0.05) is 5.56 Å². The number of nitrogens with two attached hydrogens (primary N) is 1. The number of hydrogen-bond donors (Lipinski definition) is 1. The summed E-state index contributed by atoms with van der Waals surface area (Å²) in [6.07, 6.45) is 0. The molecule has 0 heterocycles. The number of benzene rings is 2. The smallest absolute Gasteiger partial charge is 0.248 e. The van der Waals surface area contributed by atoms with Crippen LogP contribution in [0.4, 0.5) is 0 Å². The molecular weight excluding hydrogens is 250 g/mol. The summed E-state index contributed by atoms with van der Waals surface area (Å²) in [6.45, 7) is 6.50. The van der Waals surface area contributed by atoms with Gasteiger partial charge in [0.2, 0.25) is 5.91 Å². The quantitative estimate of drug-likeness (QED) is 0.926. The van der Waals surface area contributed by atoms with Crippen LogP contribution in [0.5, 0.6) is 5.75 Å². The van der Waals surface area contributed by atoms with Crippen molar-refractivity contribution in [3.05, 3.63) is 64.2 Å². The SMILES string of the molecule is Cc1cc(C(N)=O)ccc1COc1c(C)cccc1C. The van der Waals surface area contributed by atoms with E-state index in [1.165, 1.54) is 0 Å². The van der Waals surface area contributed by atoms with Crippen molar-refractivity contribution in [2.24, 2.45) is 5.73 Å². The Kier molecular flexibility index (Phi) is 4.08. The zero-order valence-electron chi connectivity index (χ0n) is 12.1. The fraction of sp³-hybridized carbons (Fsp3) is 0.235. The monoisotopic (exact) mass is 269 g/mol. The summed E-state index contributed by atoms with van der Waals surface area (Å²) < 4.78 is 5.92. The van der Waals surface area contributed by atoms with Crippen LogP contribution in [0.2, 0.25) is 0 Å². The van der Waals surface area contributed by atoms with Crippen LogP contribution in [0, 0.1) is 20.8 Å². The topological polar surface area (TPSA) is 52.3 Å². The predicted octanol–water partition coefficient (Wildman–Crippen LogP) is 3.29. The minimum atomic E-state index is -0.407. The third kappa shape index (κ3) is 2.99. The van der Waals surface area contributed by atoms with Crippen LogP contribution in [0.25, 0.3) is 0 Å². The molecule has 1 amide bonds. The molecule has 3 heteroatoms. The summed E-state index contributed by atoms with van der Waals surface area (Å²) in [5.74, 6) is 0.515. The van der Waals surface area contributed by atoms with Crippen molar-refractivity contribution in [1.29, 1.82) is 0 Å². The molecule has 0 aliphatic rings. The van der Waals surface area contributed by atoms with E-state index in [0.29, 0.717) is 12.2 Å². The van der Waals surface area contributed by atoms with E-state index in [1.807, 2.05) is 45.0 Å². The van der Waals surface area contributed by atoms with E-state index >= 15 is 0 Å². The number of hydrogen-bond acceptors (Lipinski definition) is 2. The molecule has 0 fully saturated rings. The van der Waals surface area contributed by atoms with Crippen molar-refractivity contribution in [1.82, 2.24) is 0 Å². The first-order chi connectivity index (χ1) is 9.49. The number of ether oxygens (including phenoxy) is 1. The Morgan fingerprint density at radius 2 is 1.70 bits per heavy atom. The Balaban J connectivity index is 2.17. The van der Waals surface area contributed by atoms with Crippen LogP contribution in [-0.2, 0) is 6.61 Å². The molecule has 2 aromatic rings.